The van der Waals surface area contributed by atoms with Crippen molar-refractivity contribution in [3.8, 4) is 11.5 Å². The lowest BCUT2D eigenvalue weighted by Gasteiger charge is -2.14. The molecule has 7 nitrogen and oxygen atoms in total. The normalized spacial score (nSPS) is 14.5. The molecule has 0 atom stereocenters. The maximum absolute atomic E-state index is 13.1. The third-order valence-corrected chi connectivity index (χ3v) is 7.08. The summed E-state index contributed by atoms with van der Waals surface area (Å²) >= 11 is 16.0. The summed E-state index contributed by atoms with van der Waals surface area (Å²) in [5, 5.41) is 11.8. The van der Waals surface area contributed by atoms with E-state index in [1.165, 1.54) is 30.2 Å². The molecule has 0 spiro atoms. The molecule has 0 aromatic heterocycles. The minimum atomic E-state index is -0.517. The molecule has 0 saturated carbocycles. The van der Waals surface area contributed by atoms with Gasteiger partial charge in [-0.15, -0.1) is 0 Å². The van der Waals surface area contributed by atoms with Gasteiger partial charge in [-0.25, -0.2) is 0 Å². The summed E-state index contributed by atoms with van der Waals surface area (Å²) < 4.78 is 12.4. The van der Waals surface area contributed by atoms with Crippen LogP contribution >= 0.6 is 51.5 Å². The lowest BCUT2D eigenvalue weighted by Crippen LogP contribution is -2.27. The van der Waals surface area contributed by atoms with Gasteiger partial charge < -0.3 is 9.47 Å². The fraction of sp³-hybridized carbons (Fsp3) is 0.0833. The summed E-state index contributed by atoms with van der Waals surface area (Å²) in [4.78, 5) is 25.4. The van der Waals surface area contributed by atoms with E-state index in [1.54, 1.807) is 36.4 Å². The average molecular weight is 592 g/mol. The lowest BCUT2D eigenvalue weighted by molar-refractivity contribution is -0.384. The minimum Gasteiger partial charge on any atom is -0.493 e. The van der Waals surface area contributed by atoms with E-state index in [2.05, 4.69) is 15.9 Å². The van der Waals surface area contributed by atoms with Crippen molar-refractivity contribution in [3.05, 3.63) is 96.3 Å². The Morgan fingerprint density at radius 2 is 1.94 bits per heavy atom. The zero-order valence-corrected chi connectivity index (χ0v) is 22.0. The Hall–Kier alpha value is -2.92. The largest absolute Gasteiger partial charge is 0.493 e. The molecule has 1 aliphatic rings. The van der Waals surface area contributed by atoms with Gasteiger partial charge in [-0.3, -0.25) is 19.8 Å². The number of anilines is 1. The Labute approximate surface area is 223 Å². The van der Waals surface area contributed by atoms with E-state index in [9.17, 15) is 14.9 Å². The number of thioether (sulfide) groups is 1. The standard InChI is InChI=1S/C24H16BrClN2O5S2/c1-32-20-10-15(9-19(25)22(20)33-13-14-5-7-16(26)8-6-14)11-21-23(29)27(24(34)35-21)17-3-2-4-18(12-17)28(30)31/h2-12H,13H2,1H3/b21-11-. The Morgan fingerprint density at radius 1 is 1.20 bits per heavy atom. The highest BCUT2D eigenvalue weighted by Gasteiger charge is 2.34. The lowest BCUT2D eigenvalue weighted by atomic mass is 10.1. The van der Waals surface area contributed by atoms with Crippen LogP contribution in [0, 0.1) is 10.1 Å². The minimum absolute atomic E-state index is 0.122. The molecule has 178 valence electrons. The number of carbonyl (C=O) groups is 1. The number of hydrogen-bond acceptors (Lipinski definition) is 7. The number of benzene rings is 3. The molecular formula is C24H16BrClN2O5S2. The van der Waals surface area contributed by atoms with E-state index in [0.29, 0.717) is 43.8 Å². The summed E-state index contributed by atoms with van der Waals surface area (Å²) in [6.45, 7) is 0.313. The highest BCUT2D eigenvalue weighted by molar-refractivity contribution is 9.10. The number of nitro benzene ring substituents is 1. The monoisotopic (exact) mass is 590 g/mol. The van der Waals surface area contributed by atoms with Crippen LogP contribution in [0.15, 0.2) is 70.0 Å². The predicted octanol–water partition coefficient (Wildman–Crippen LogP) is 7.00. The second kappa shape index (κ2) is 10.8. The maximum atomic E-state index is 13.1. The summed E-state index contributed by atoms with van der Waals surface area (Å²) in [5.41, 5.74) is 1.85. The Bertz CT molecular complexity index is 1360. The molecule has 1 fully saturated rings. The van der Waals surface area contributed by atoms with Crippen LogP contribution in [0.2, 0.25) is 5.02 Å². The maximum Gasteiger partial charge on any atom is 0.271 e. The highest BCUT2D eigenvalue weighted by atomic mass is 79.9. The fourth-order valence-electron chi connectivity index (χ4n) is 3.29. The molecular weight excluding hydrogens is 576 g/mol. The number of hydrogen-bond donors (Lipinski definition) is 0. The molecule has 11 heteroatoms. The summed E-state index contributed by atoms with van der Waals surface area (Å²) in [6, 6.07) is 16.7. The number of rotatable bonds is 7. The number of nitro groups is 1. The van der Waals surface area contributed by atoms with Crippen LogP contribution in [0.1, 0.15) is 11.1 Å². The first-order valence-corrected chi connectivity index (χ1v) is 12.4. The number of carbonyl (C=O) groups excluding carboxylic acids is 1. The van der Waals surface area contributed by atoms with E-state index < -0.39 is 4.92 Å². The van der Waals surface area contributed by atoms with E-state index >= 15 is 0 Å². The Morgan fingerprint density at radius 3 is 2.63 bits per heavy atom. The average Bonchev–Trinajstić information content (AvgIpc) is 3.11. The van der Waals surface area contributed by atoms with Crippen molar-refractivity contribution in [2.24, 2.45) is 0 Å². The van der Waals surface area contributed by atoms with Crippen LogP contribution in [0.25, 0.3) is 6.08 Å². The van der Waals surface area contributed by atoms with Crippen LogP contribution < -0.4 is 14.4 Å². The van der Waals surface area contributed by atoms with Gasteiger partial charge in [0.1, 0.15) is 6.61 Å². The second-order valence-corrected chi connectivity index (χ2v) is 10.2. The van der Waals surface area contributed by atoms with E-state index in [0.717, 1.165) is 17.3 Å². The molecule has 1 amide bonds. The van der Waals surface area contributed by atoms with Gasteiger partial charge in [0.05, 0.1) is 27.1 Å². The number of amides is 1. The number of methoxy groups -OCH3 is 1. The molecule has 0 N–H and O–H groups in total. The van der Waals surface area contributed by atoms with Gasteiger partial charge >= 0.3 is 0 Å². The van der Waals surface area contributed by atoms with Gasteiger partial charge in [-0.2, -0.15) is 0 Å². The van der Waals surface area contributed by atoms with Crippen molar-refractivity contribution in [3.63, 3.8) is 0 Å². The SMILES string of the molecule is COc1cc(/C=C2\SC(=S)N(c3cccc([N+](=O)[O-])c3)C2=O)cc(Br)c1OCc1ccc(Cl)cc1. The first kappa shape index (κ1) is 25.2. The van der Waals surface area contributed by atoms with Crippen LogP contribution in [-0.2, 0) is 11.4 Å². The molecule has 3 aromatic rings. The first-order chi connectivity index (χ1) is 16.8. The second-order valence-electron chi connectivity index (χ2n) is 7.24. The quantitative estimate of drug-likeness (QED) is 0.127. The number of thiocarbonyl (C=S) groups is 1. The summed E-state index contributed by atoms with van der Waals surface area (Å²) in [5.74, 6) is 0.635. The summed E-state index contributed by atoms with van der Waals surface area (Å²) in [6.07, 6.45) is 1.69. The zero-order chi connectivity index (χ0) is 25.1. The molecule has 3 aromatic carbocycles. The van der Waals surface area contributed by atoms with Crippen LogP contribution in [0.4, 0.5) is 11.4 Å². The van der Waals surface area contributed by atoms with E-state index in [-0.39, 0.29) is 15.9 Å². The van der Waals surface area contributed by atoms with E-state index in [1.807, 2.05) is 12.1 Å². The molecule has 4 rings (SSSR count). The van der Waals surface area contributed by atoms with E-state index in [4.69, 9.17) is 33.3 Å². The third-order valence-electron chi connectivity index (χ3n) is 4.94. The van der Waals surface area contributed by atoms with Gasteiger partial charge in [0.2, 0.25) is 0 Å². The van der Waals surface area contributed by atoms with Gasteiger partial charge in [0, 0.05) is 17.2 Å². The molecule has 1 aliphatic heterocycles. The van der Waals surface area contributed by atoms with Gasteiger partial charge in [-0.05, 0) is 63.5 Å². The zero-order valence-electron chi connectivity index (χ0n) is 18.1. The smallest absolute Gasteiger partial charge is 0.271 e. The molecule has 0 aliphatic carbocycles. The van der Waals surface area contributed by atoms with Crippen molar-refractivity contribution in [1.82, 2.24) is 0 Å². The molecule has 1 heterocycles. The number of nitrogens with zero attached hydrogens (tertiary/aromatic N) is 2. The van der Waals surface area contributed by atoms with Crippen molar-refractivity contribution in [2.75, 3.05) is 12.0 Å². The molecule has 35 heavy (non-hydrogen) atoms. The fourth-order valence-corrected chi connectivity index (χ4v) is 5.29. The summed E-state index contributed by atoms with van der Waals surface area (Å²) in [7, 11) is 1.53. The molecule has 0 bridgehead atoms. The molecule has 0 radical (unpaired) electrons. The Kier molecular flexibility index (Phi) is 7.75. The first-order valence-electron chi connectivity index (χ1n) is 10.0. The topological polar surface area (TPSA) is 81.9 Å². The van der Waals surface area contributed by atoms with Crippen molar-refractivity contribution >= 4 is 79.2 Å². The number of ether oxygens (including phenoxy) is 2. The number of non-ortho nitro benzene ring substituents is 1. The third kappa shape index (κ3) is 5.67. The van der Waals surface area contributed by atoms with Crippen LogP contribution in [-0.4, -0.2) is 22.3 Å². The van der Waals surface area contributed by atoms with Crippen molar-refractivity contribution < 1.29 is 19.2 Å². The molecule has 0 unspecified atom stereocenters. The van der Waals surface area contributed by atoms with Gasteiger partial charge in [0.15, 0.2) is 15.8 Å². The van der Waals surface area contributed by atoms with Crippen molar-refractivity contribution in [1.29, 1.82) is 0 Å². The van der Waals surface area contributed by atoms with Gasteiger partial charge in [-0.1, -0.05) is 53.8 Å². The van der Waals surface area contributed by atoms with Gasteiger partial charge in [0.25, 0.3) is 11.6 Å². The molecule has 1 saturated heterocycles. The van der Waals surface area contributed by atoms with Crippen LogP contribution in [0.3, 0.4) is 0 Å². The number of halogens is 2. The Balaban J connectivity index is 1.58. The highest BCUT2D eigenvalue weighted by Crippen LogP contribution is 2.40. The van der Waals surface area contributed by atoms with Crippen LogP contribution in [0.5, 0.6) is 11.5 Å². The van der Waals surface area contributed by atoms with Crippen molar-refractivity contribution in [2.45, 2.75) is 6.61 Å². The predicted molar refractivity (Wildman–Crippen MR) is 145 cm³/mol.